The fourth-order valence-electron chi connectivity index (χ4n) is 8.99. The molecule has 374 valence electrons. The van der Waals surface area contributed by atoms with E-state index in [-0.39, 0.29) is 41.6 Å². The maximum atomic E-state index is 14.2. The van der Waals surface area contributed by atoms with E-state index in [9.17, 15) is 19.9 Å². The highest BCUT2D eigenvalue weighted by atomic mass is 35.6. The first kappa shape index (κ1) is 52.6. The number of nitrogens with zero attached hydrogens (tertiary/aromatic N) is 3. The Balaban J connectivity index is 1.31. The molecule has 4 heterocycles. The molecule has 16 atom stereocenters. The third-order valence-corrected chi connectivity index (χ3v) is 13.4. The molecule has 4 saturated heterocycles. The minimum atomic E-state index is -1.93. The Bertz CT molecular complexity index is 2190. The maximum Gasteiger partial charge on any atom is 0.407 e. The van der Waals surface area contributed by atoms with Crippen LogP contribution in [0, 0.1) is 23.7 Å². The Labute approximate surface area is 415 Å². The topological polar surface area (TPSA) is 214 Å². The lowest BCUT2D eigenvalue weighted by Gasteiger charge is -2.52. The van der Waals surface area contributed by atoms with Crippen LogP contribution < -0.4 is 5.32 Å². The van der Waals surface area contributed by atoms with E-state index in [0.29, 0.717) is 6.42 Å². The van der Waals surface area contributed by atoms with E-state index in [1.165, 1.54) is 0 Å². The van der Waals surface area contributed by atoms with Crippen molar-refractivity contribution < 1.29 is 66.5 Å². The summed E-state index contributed by atoms with van der Waals surface area (Å²) >= 11 is 17.9. The third kappa shape index (κ3) is 13.4. The van der Waals surface area contributed by atoms with E-state index in [4.69, 9.17) is 86.9 Å². The van der Waals surface area contributed by atoms with E-state index in [0.717, 1.165) is 5.56 Å². The summed E-state index contributed by atoms with van der Waals surface area (Å²) < 4.78 is 68.4. The number of alkyl carbamates (subject to hydrolysis) is 1. The molecular weight excluding hydrogens is 963 g/mol. The molecule has 3 aromatic carbocycles. The second-order valence-corrected chi connectivity index (χ2v) is 20.0. The van der Waals surface area contributed by atoms with Gasteiger partial charge in [0.15, 0.2) is 31.3 Å². The van der Waals surface area contributed by atoms with Crippen LogP contribution in [0.3, 0.4) is 0 Å². The monoisotopic (exact) mass is 1020 g/mol. The van der Waals surface area contributed by atoms with Crippen LogP contribution in [0.15, 0.2) is 96.1 Å². The molecule has 7 unspecified atom stereocenters. The van der Waals surface area contributed by atoms with Crippen LogP contribution in [-0.2, 0) is 52.1 Å². The van der Waals surface area contributed by atoms with Gasteiger partial charge in [-0.05, 0) is 48.1 Å². The van der Waals surface area contributed by atoms with Crippen molar-refractivity contribution in [2.45, 2.75) is 119 Å². The number of amides is 1. The van der Waals surface area contributed by atoms with Gasteiger partial charge in [0, 0.05) is 22.3 Å². The minimum Gasteiger partial charge on any atom is -0.459 e. The first-order chi connectivity index (χ1) is 33.1. The molecule has 0 spiro atoms. The predicted molar refractivity (Wildman–Crippen MR) is 249 cm³/mol. The highest BCUT2D eigenvalue weighted by Gasteiger charge is 2.57. The summed E-state index contributed by atoms with van der Waals surface area (Å²) in [5.74, 6) is -2.01. The van der Waals surface area contributed by atoms with Crippen molar-refractivity contribution >= 4 is 52.8 Å². The van der Waals surface area contributed by atoms with Crippen molar-refractivity contribution in [3.63, 3.8) is 0 Å². The molecule has 7 rings (SSSR count). The van der Waals surface area contributed by atoms with Gasteiger partial charge in [-0.15, -0.1) is 0 Å². The standard InChI is InChI=1S/C48H57Cl3N4O14/c1-6-33-27(3)26(2)28(4)43(63-33)68-38-35(22-59-41(56)30-16-10-7-11-17-30)65-46(62-25-53-55-52)40(66-42(57)31-18-12-8-13-19-31)39(38)69-45-36(54-47(58)61-24-48(49,50)51)29(5)37-34(64-45)23-60-44(67-37)32-20-14-9-15-21-32/h7-21,26-29,33-40,43-46H,6,22-25H2,1-5H3,(H,54,58)/t26-,27+,28?,29-,33?,34?,35?,36?,37+,38+,39+,40?,43+,44?,45+,46-/m1/s1. The maximum absolute atomic E-state index is 14.2. The van der Waals surface area contributed by atoms with Gasteiger partial charge in [-0.3, -0.25) is 0 Å². The average Bonchev–Trinajstić information content (AvgIpc) is 3.35. The molecule has 0 saturated carbocycles. The second kappa shape index (κ2) is 24.2. The van der Waals surface area contributed by atoms with Crippen molar-refractivity contribution in [2.75, 3.05) is 26.6 Å². The molecular formula is C48H57Cl3N4O14. The van der Waals surface area contributed by atoms with Crippen LogP contribution in [-0.4, -0.2) is 116 Å². The van der Waals surface area contributed by atoms with Crippen molar-refractivity contribution in [3.8, 4) is 0 Å². The van der Waals surface area contributed by atoms with Gasteiger partial charge >= 0.3 is 18.0 Å². The van der Waals surface area contributed by atoms with Crippen LogP contribution in [0.5, 0.6) is 0 Å². The number of rotatable bonds is 16. The van der Waals surface area contributed by atoms with Gasteiger partial charge in [-0.25, -0.2) is 14.4 Å². The van der Waals surface area contributed by atoms with E-state index < -0.39 is 116 Å². The minimum absolute atomic E-state index is 0.0385. The molecule has 3 aromatic rings. The van der Waals surface area contributed by atoms with Crippen LogP contribution >= 0.6 is 34.8 Å². The van der Waals surface area contributed by atoms with Gasteiger partial charge < -0.3 is 57.4 Å². The smallest absolute Gasteiger partial charge is 0.407 e. The molecule has 1 N–H and O–H groups in total. The van der Waals surface area contributed by atoms with E-state index >= 15 is 0 Å². The summed E-state index contributed by atoms with van der Waals surface area (Å²) in [5, 5.41) is 6.39. The number of ether oxygens (including phenoxy) is 11. The van der Waals surface area contributed by atoms with Crippen LogP contribution in [0.1, 0.15) is 73.6 Å². The zero-order chi connectivity index (χ0) is 49.2. The number of halogens is 3. The summed E-state index contributed by atoms with van der Waals surface area (Å²) in [4.78, 5) is 44.2. The fraction of sp³-hybridized carbons (Fsp3) is 0.562. The molecule has 18 nitrogen and oxygen atoms in total. The van der Waals surface area contributed by atoms with Crippen LogP contribution in [0.2, 0.25) is 0 Å². The number of benzene rings is 3. The molecule has 0 aliphatic carbocycles. The normalized spacial score (nSPS) is 33.4. The lowest BCUT2D eigenvalue weighted by molar-refractivity contribution is -0.382. The van der Waals surface area contributed by atoms with Crippen molar-refractivity contribution in [2.24, 2.45) is 28.8 Å². The molecule has 21 heteroatoms. The Morgan fingerprint density at radius 1 is 0.725 bits per heavy atom. The van der Waals surface area contributed by atoms with Gasteiger partial charge in [0.05, 0.1) is 36.0 Å². The van der Waals surface area contributed by atoms with Crippen molar-refractivity contribution in [1.82, 2.24) is 5.32 Å². The highest BCUT2D eigenvalue weighted by molar-refractivity contribution is 6.67. The molecule has 4 aliphatic rings. The summed E-state index contributed by atoms with van der Waals surface area (Å²) in [6.07, 6.45) is -12.1. The number of azide groups is 1. The SMILES string of the molecule is CCC1O[C@@H](O[C@H]2C(COC(=O)c3ccccc3)O[C@@H](OCN=[N+]=[N-])C(OC(=O)c3ccccc3)[C@H]2O[C@@H]2OC3COC(c4ccccc4)O[C@H]3[C@H](C)C2NC(=O)OCC(Cl)(Cl)Cl)C(C)[C@H](C)[C@@H]1C. The van der Waals surface area contributed by atoms with Gasteiger partial charge in [0.25, 0.3) is 0 Å². The first-order valence-electron chi connectivity index (χ1n) is 22.9. The summed E-state index contributed by atoms with van der Waals surface area (Å²) in [5.41, 5.74) is 10.5. The third-order valence-electron chi connectivity index (χ3n) is 13.0. The largest absolute Gasteiger partial charge is 0.459 e. The Hall–Kier alpha value is -4.27. The lowest BCUT2D eigenvalue weighted by Crippen LogP contribution is -2.68. The number of esters is 2. The Morgan fingerprint density at radius 2 is 1.35 bits per heavy atom. The Morgan fingerprint density at radius 3 is 1.99 bits per heavy atom. The van der Waals surface area contributed by atoms with Gasteiger partial charge in [0.1, 0.15) is 44.4 Å². The highest BCUT2D eigenvalue weighted by Crippen LogP contribution is 2.42. The molecule has 4 aliphatic heterocycles. The first-order valence-corrected chi connectivity index (χ1v) is 24.0. The second-order valence-electron chi connectivity index (χ2n) is 17.4. The fourth-order valence-corrected chi connectivity index (χ4v) is 9.15. The lowest BCUT2D eigenvalue weighted by atomic mass is 9.78. The predicted octanol–water partition coefficient (Wildman–Crippen LogP) is 8.83. The Kier molecular flexibility index (Phi) is 18.5. The van der Waals surface area contributed by atoms with Crippen LogP contribution in [0.25, 0.3) is 10.4 Å². The number of carbonyl (C=O) groups excluding carboxylic acids is 3. The van der Waals surface area contributed by atoms with E-state index in [1.807, 2.05) is 51.1 Å². The zero-order valence-corrected chi connectivity index (χ0v) is 40.9. The molecule has 0 radical (unpaired) electrons. The molecule has 4 fully saturated rings. The number of fused-ring (bicyclic) bond motifs is 1. The zero-order valence-electron chi connectivity index (χ0n) is 38.6. The number of hydrogen-bond donors (Lipinski definition) is 1. The van der Waals surface area contributed by atoms with Crippen LogP contribution in [0.4, 0.5) is 4.79 Å². The average molecular weight is 1020 g/mol. The molecule has 0 aromatic heterocycles. The van der Waals surface area contributed by atoms with Gasteiger partial charge in [0.2, 0.25) is 3.79 Å². The number of carbonyl (C=O) groups is 3. The molecule has 69 heavy (non-hydrogen) atoms. The number of nitrogens with one attached hydrogen (secondary N) is 1. The summed E-state index contributed by atoms with van der Waals surface area (Å²) in [6, 6.07) is 24.8. The molecule has 1 amide bonds. The quantitative estimate of drug-likeness (QED) is 0.0355. The number of hydrogen-bond acceptors (Lipinski definition) is 15. The van der Waals surface area contributed by atoms with Crippen molar-refractivity contribution in [3.05, 3.63) is 118 Å². The number of alkyl halides is 3. The summed E-state index contributed by atoms with van der Waals surface area (Å²) in [7, 11) is 0. The molecule has 0 bridgehead atoms. The summed E-state index contributed by atoms with van der Waals surface area (Å²) in [6.45, 7) is 8.52. The van der Waals surface area contributed by atoms with Crippen molar-refractivity contribution in [1.29, 1.82) is 0 Å². The van der Waals surface area contributed by atoms with E-state index in [2.05, 4.69) is 29.2 Å². The van der Waals surface area contributed by atoms with Gasteiger partial charge in [-0.2, -0.15) is 0 Å². The van der Waals surface area contributed by atoms with E-state index in [1.54, 1.807) is 60.7 Å². The van der Waals surface area contributed by atoms with Gasteiger partial charge in [-0.1, -0.05) is 141 Å².